The summed E-state index contributed by atoms with van der Waals surface area (Å²) in [5.41, 5.74) is 1.30. The predicted octanol–water partition coefficient (Wildman–Crippen LogP) is 2.68. The number of rotatable bonds is 4. The van der Waals surface area contributed by atoms with E-state index in [0.29, 0.717) is 24.0 Å². The number of aryl methyl sites for hydroxylation is 1. The van der Waals surface area contributed by atoms with Crippen molar-refractivity contribution in [3.8, 4) is 11.5 Å². The maximum Gasteiger partial charge on any atom is 0.250 e. The molecule has 2 rings (SSSR count). The van der Waals surface area contributed by atoms with Crippen LogP contribution in [0.25, 0.3) is 11.5 Å². The van der Waals surface area contributed by atoms with Gasteiger partial charge in [-0.1, -0.05) is 25.5 Å². The number of nitrogens with zero attached hydrogens (tertiary/aromatic N) is 2. The first-order chi connectivity index (χ1) is 8.56. The van der Waals surface area contributed by atoms with E-state index in [9.17, 15) is 4.39 Å². The SMILES string of the molecule is Cc1ccc(F)c(-c2nnc(CNC(C)C)o2)c1. The first-order valence-corrected chi connectivity index (χ1v) is 5.88. The van der Waals surface area contributed by atoms with Crippen LogP contribution in [0, 0.1) is 12.7 Å². The van der Waals surface area contributed by atoms with Gasteiger partial charge in [0.2, 0.25) is 5.89 Å². The molecule has 18 heavy (non-hydrogen) atoms. The summed E-state index contributed by atoms with van der Waals surface area (Å²) in [6, 6.07) is 5.14. The number of hydrogen-bond donors (Lipinski definition) is 1. The number of aromatic nitrogens is 2. The van der Waals surface area contributed by atoms with Gasteiger partial charge >= 0.3 is 0 Å². The summed E-state index contributed by atoms with van der Waals surface area (Å²) in [6.07, 6.45) is 0. The highest BCUT2D eigenvalue weighted by molar-refractivity contribution is 5.54. The van der Waals surface area contributed by atoms with Crippen molar-refractivity contribution in [2.24, 2.45) is 0 Å². The lowest BCUT2D eigenvalue weighted by Gasteiger charge is -2.03. The second-order valence-corrected chi connectivity index (χ2v) is 4.52. The van der Waals surface area contributed by atoms with Crippen LogP contribution in [0.5, 0.6) is 0 Å². The van der Waals surface area contributed by atoms with Crippen LogP contribution < -0.4 is 5.32 Å². The lowest BCUT2D eigenvalue weighted by molar-refractivity contribution is 0.457. The Kier molecular flexibility index (Phi) is 3.72. The first kappa shape index (κ1) is 12.7. The number of nitrogens with one attached hydrogen (secondary N) is 1. The van der Waals surface area contributed by atoms with Crippen molar-refractivity contribution in [3.05, 3.63) is 35.5 Å². The van der Waals surface area contributed by atoms with Gasteiger partial charge in [0, 0.05) is 6.04 Å². The maximum absolute atomic E-state index is 13.6. The average Bonchev–Trinajstić information content (AvgIpc) is 2.78. The maximum atomic E-state index is 13.6. The van der Waals surface area contributed by atoms with Crippen LogP contribution in [0.3, 0.4) is 0 Å². The molecule has 0 aliphatic rings. The Balaban J connectivity index is 2.21. The molecule has 0 saturated carbocycles. The highest BCUT2D eigenvalue weighted by atomic mass is 19.1. The van der Waals surface area contributed by atoms with Gasteiger partial charge in [0.05, 0.1) is 12.1 Å². The average molecular weight is 249 g/mol. The second kappa shape index (κ2) is 5.27. The van der Waals surface area contributed by atoms with Crippen molar-refractivity contribution in [1.82, 2.24) is 15.5 Å². The summed E-state index contributed by atoms with van der Waals surface area (Å²) in [6.45, 7) is 6.42. The topological polar surface area (TPSA) is 51.0 Å². The Hall–Kier alpha value is -1.75. The summed E-state index contributed by atoms with van der Waals surface area (Å²) < 4.78 is 19.1. The quantitative estimate of drug-likeness (QED) is 0.905. The zero-order valence-corrected chi connectivity index (χ0v) is 10.7. The molecular weight excluding hydrogens is 233 g/mol. The molecule has 0 fully saturated rings. The Morgan fingerprint density at radius 2 is 2.11 bits per heavy atom. The van der Waals surface area contributed by atoms with Crippen LogP contribution in [-0.4, -0.2) is 16.2 Å². The van der Waals surface area contributed by atoms with Gasteiger partial charge in [0.25, 0.3) is 5.89 Å². The van der Waals surface area contributed by atoms with E-state index in [1.807, 2.05) is 20.8 Å². The summed E-state index contributed by atoms with van der Waals surface area (Å²) in [7, 11) is 0. The molecule has 0 amide bonds. The van der Waals surface area contributed by atoms with Gasteiger partial charge in [0.15, 0.2) is 0 Å². The minimum atomic E-state index is -0.354. The molecule has 0 atom stereocenters. The molecule has 1 aromatic heterocycles. The molecule has 5 heteroatoms. The molecule has 0 spiro atoms. The summed E-state index contributed by atoms with van der Waals surface area (Å²) in [4.78, 5) is 0. The van der Waals surface area contributed by atoms with Gasteiger partial charge < -0.3 is 9.73 Å². The minimum Gasteiger partial charge on any atom is -0.419 e. The fraction of sp³-hybridized carbons (Fsp3) is 0.385. The largest absolute Gasteiger partial charge is 0.419 e. The van der Waals surface area contributed by atoms with Gasteiger partial charge in [-0.3, -0.25) is 0 Å². The van der Waals surface area contributed by atoms with Crippen molar-refractivity contribution < 1.29 is 8.81 Å². The van der Waals surface area contributed by atoms with Crippen molar-refractivity contribution in [1.29, 1.82) is 0 Å². The molecule has 0 unspecified atom stereocenters. The predicted molar refractivity (Wildman–Crippen MR) is 66.4 cm³/mol. The summed E-state index contributed by atoms with van der Waals surface area (Å²) in [5, 5.41) is 10.9. The molecule has 1 heterocycles. The van der Waals surface area contributed by atoms with Gasteiger partial charge in [-0.2, -0.15) is 0 Å². The van der Waals surface area contributed by atoms with Gasteiger partial charge in [-0.05, 0) is 19.1 Å². The van der Waals surface area contributed by atoms with Gasteiger partial charge in [-0.15, -0.1) is 10.2 Å². The third-order valence-corrected chi connectivity index (χ3v) is 2.48. The Morgan fingerprint density at radius 1 is 1.33 bits per heavy atom. The lowest BCUT2D eigenvalue weighted by atomic mass is 10.1. The molecule has 1 N–H and O–H groups in total. The third-order valence-electron chi connectivity index (χ3n) is 2.48. The molecule has 1 aromatic carbocycles. The standard InChI is InChI=1S/C13H16FN3O/c1-8(2)15-7-12-16-17-13(18-12)10-6-9(3)4-5-11(10)14/h4-6,8,15H,7H2,1-3H3. The van der Waals surface area contributed by atoms with Crippen LogP contribution in [0.1, 0.15) is 25.3 Å². The lowest BCUT2D eigenvalue weighted by Crippen LogP contribution is -2.21. The van der Waals surface area contributed by atoms with Crippen LogP contribution >= 0.6 is 0 Å². The Labute approximate surface area is 105 Å². The van der Waals surface area contributed by atoms with E-state index < -0.39 is 0 Å². The van der Waals surface area contributed by atoms with Crippen molar-refractivity contribution in [2.75, 3.05) is 0 Å². The van der Waals surface area contributed by atoms with Crippen LogP contribution in [0.15, 0.2) is 22.6 Å². The van der Waals surface area contributed by atoms with Gasteiger partial charge in [-0.25, -0.2) is 4.39 Å². The van der Waals surface area contributed by atoms with Crippen LogP contribution in [-0.2, 0) is 6.54 Å². The fourth-order valence-electron chi connectivity index (χ4n) is 1.53. The second-order valence-electron chi connectivity index (χ2n) is 4.52. The van der Waals surface area contributed by atoms with Crippen molar-refractivity contribution >= 4 is 0 Å². The van der Waals surface area contributed by atoms with Crippen LogP contribution in [0.4, 0.5) is 4.39 Å². The molecule has 0 bridgehead atoms. The molecule has 0 aliphatic carbocycles. The van der Waals surface area contributed by atoms with E-state index in [1.165, 1.54) is 6.07 Å². The van der Waals surface area contributed by atoms with E-state index in [2.05, 4.69) is 15.5 Å². The van der Waals surface area contributed by atoms with E-state index in [-0.39, 0.29) is 11.7 Å². The zero-order chi connectivity index (χ0) is 13.1. The van der Waals surface area contributed by atoms with E-state index in [4.69, 9.17) is 4.42 Å². The molecular formula is C13H16FN3O. The van der Waals surface area contributed by atoms with Crippen molar-refractivity contribution in [2.45, 2.75) is 33.4 Å². The van der Waals surface area contributed by atoms with Gasteiger partial charge in [0.1, 0.15) is 5.82 Å². The first-order valence-electron chi connectivity index (χ1n) is 5.88. The summed E-state index contributed by atoms with van der Waals surface area (Å²) >= 11 is 0. The highest BCUT2D eigenvalue weighted by Crippen LogP contribution is 2.22. The Bertz CT molecular complexity index is 537. The Morgan fingerprint density at radius 3 is 2.83 bits per heavy atom. The zero-order valence-electron chi connectivity index (χ0n) is 10.7. The number of hydrogen-bond acceptors (Lipinski definition) is 4. The van der Waals surface area contributed by atoms with E-state index >= 15 is 0 Å². The molecule has 0 aliphatic heterocycles. The number of benzene rings is 1. The molecule has 0 radical (unpaired) electrons. The highest BCUT2D eigenvalue weighted by Gasteiger charge is 2.13. The fourth-order valence-corrected chi connectivity index (χ4v) is 1.53. The minimum absolute atomic E-state index is 0.219. The molecule has 2 aromatic rings. The van der Waals surface area contributed by atoms with E-state index in [0.717, 1.165) is 5.56 Å². The van der Waals surface area contributed by atoms with Crippen molar-refractivity contribution in [3.63, 3.8) is 0 Å². The molecule has 4 nitrogen and oxygen atoms in total. The molecule has 96 valence electrons. The monoisotopic (exact) mass is 249 g/mol. The van der Waals surface area contributed by atoms with E-state index in [1.54, 1.807) is 12.1 Å². The third kappa shape index (κ3) is 2.92. The normalized spacial score (nSPS) is 11.2. The summed E-state index contributed by atoms with van der Waals surface area (Å²) in [5.74, 6) is 0.323. The number of halogens is 1. The smallest absolute Gasteiger partial charge is 0.250 e. The van der Waals surface area contributed by atoms with Crippen LogP contribution in [0.2, 0.25) is 0 Å². The molecule has 0 saturated heterocycles.